The van der Waals surface area contributed by atoms with Gasteiger partial charge in [0, 0.05) is 23.1 Å². The summed E-state index contributed by atoms with van der Waals surface area (Å²) in [6, 6.07) is 0.462. The van der Waals surface area contributed by atoms with E-state index in [2.05, 4.69) is 29.4 Å². The van der Waals surface area contributed by atoms with Gasteiger partial charge in [-0.1, -0.05) is 0 Å². The van der Waals surface area contributed by atoms with Crippen LogP contribution < -0.4 is 4.90 Å². The molecule has 136 valence electrons. The number of rotatable bonds is 5. The van der Waals surface area contributed by atoms with E-state index in [-0.39, 0.29) is 0 Å². The second-order valence-corrected chi connectivity index (χ2v) is 9.44. The van der Waals surface area contributed by atoms with Crippen LogP contribution in [0.3, 0.4) is 0 Å². The molecule has 0 amide bonds. The van der Waals surface area contributed by atoms with E-state index in [1.165, 1.54) is 41.8 Å². The van der Waals surface area contributed by atoms with Crippen LogP contribution in [-0.2, 0) is 6.54 Å². The molecule has 0 aromatic carbocycles. The first kappa shape index (κ1) is 16.6. The number of fused-ring (bicyclic) bond motifs is 1. The summed E-state index contributed by atoms with van der Waals surface area (Å²) < 4.78 is 1.96. The van der Waals surface area contributed by atoms with Crippen molar-refractivity contribution in [1.82, 2.24) is 30.2 Å². The van der Waals surface area contributed by atoms with Crippen molar-refractivity contribution in [3.8, 4) is 0 Å². The average Bonchev–Trinajstić information content (AvgIpc) is 3.00. The molecular weight excluding hydrogens is 366 g/mol. The lowest BCUT2D eigenvalue weighted by Crippen LogP contribution is -3.08. The first-order valence-electron chi connectivity index (χ1n) is 9.25. The molecule has 26 heavy (non-hydrogen) atoms. The number of nitrogens with one attached hydrogen (secondary N) is 1. The third kappa shape index (κ3) is 3.01. The molecule has 0 atom stereocenters. The molecule has 5 rings (SSSR count). The van der Waals surface area contributed by atoms with Crippen molar-refractivity contribution in [1.29, 1.82) is 0 Å². The van der Waals surface area contributed by atoms with E-state index < -0.39 is 0 Å². The maximum atomic E-state index is 4.96. The second kappa shape index (κ2) is 6.54. The lowest BCUT2D eigenvalue weighted by Gasteiger charge is -2.12. The summed E-state index contributed by atoms with van der Waals surface area (Å²) in [5.41, 5.74) is 1.28. The highest BCUT2D eigenvalue weighted by Gasteiger charge is 2.29. The molecule has 0 unspecified atom stereocenters. The summed E-state index contributed by atoms with van der Waals surface area (Å²) in [6.07, 6.45) is 4.95. The van der Waals surface area contributed by atoms with Gasteiger partial charge in [0.25, 0.3) is 0 Å². The van der Waals surface area contributed by atoms with Gasteiger partial charge in [-0.25, -0.2) is 14.6 Å². The fraction of sp³-hybridized carbons (Fsp3) is 0.588. The maximum Gasteiger partial charge on any atom is 0.215 e. The number of thiophene rings is 1. The molecule has 2 aliphatic rings. The standard InChI is InChI=1S/C17H21N7S2/c1-10-11(2)25-15-14(10)16(19-13(18-15)9-23-7-3-4-8-23)26-17-20-21-22-24(17)12-5-6-12/h12H,3-9H2,1-2H3/p+1. The van der Waals surface area contributed by atoms with E-state index in [0.29, 0.717) is 6.04 Å². The van der Waals surface area contributed by atoms with Gasteiger partial charge in [-0.15, -0.1) is 16.4 Å². The predicted molar refractivity (Wildman–Crippen MR) is 101 cm³/mol. The van der Waals surface area contributed by atoms with Crippen LogP contribution in [-0.4, -0.2) is 43.3 Å². The van der Waals surface area contributed by atoms with Gasteiger partial charge in [0.05, 0.1) is 19.1 Å². The quantitative estimate of drug-likeness (QED) is 0.674. The third-order valence-corrected chi connectivity index (χ3v) is 7.35. The van der Waals surface area contributed by atoms with Gasteiger partial charge >= 0.3 is 0 Å². The molecule has 1 saturated carbocycles. The van der Waals surface area contributed by atoms with E-state index in [1.807, 2.05) is 4.68 Å². The number of hydrogen-bond acceptors (Lipinski definition) is 7. The van der Waals surface area contributed by atoms with Crippen LogP contribution in [0.5, 0.6) is 0 Å². The van der Waals surface area contributed by atoms with Crippen LogP contribution >= 0.6 is 23.1 Å². The molecule has 7 nitrogen and oxygen atoms in total. The van der Waals surface area contributed by atoms with Crippen LogP contribution in [0.4, 0.5) is 0 Å². The van der Waals surface area contributed by atoms with Crippen molar-refractivity contribution in [2.24, 2.45) is 0 Å². The summed E-state index contributed by atoms with van der Waals surface area (Å²) in [6.45, 7) is 7.69. The molecule has 0 spiro atoms. The highest BCUT2D eigenvalue weighted by atomic mass is 32.2. The minimum Gasteiger partial charge on any atom is -0.329 e. The molecule has 3 aromatic rings. The Morgan fingerprint density at radius 2 is 2.00 bits per heavy atom. The molecule has 1 aliphatic carbocycles. The van der Waals surface area contributed by atoms with Crippen molar-refractivity contribution < 1.29 is 4.90 Å². The van der Waals surface area contributed by atoms with Crippen LogP contribution in [0.2, 0.25) is 0 Å². The number of nitrogens with zero attached hydrogens (tertiary/aromatic N) is 6. The second-order valence-electron chi connectivity index (χ2n) is 7.28. The van der Waals surface area contributed by atoms with E-state index >= 15 is 0 Å². The lowest BCUT2D eigenvalue weighted by atomic mass is 10.2. The van der Waals surface area contributed by atoms with Crippen LogP contribution in [0.15, 0.2) is 10.2 Å². The van der Waals surface area contributed by atoms with E-state index in [4.69, 9.17) is 9.97 Å². The minimum atomic E-state index is 0.462. The number of likely N-dealkylation sites (tertiary alicyclic amines) is 1. The molecule has 2 fully saturated rings. The Morgan fingerprint density at radius 3 is 2.77 bits per heavy atom. The molecule has 3 aromatic heterocycles. The highest BCUT2D eigenvalue weighted by molar-refractivity contribution is 7.99. The van der Waals surface area contributed by atoms with Crippen LogP contribution in [0.1, 0.15) is 48.0 Å². The van der Waals surface area contributed by atoms with Crippen LogP contribution in [0, 0.1) is 13.8 Å². The Kier molecular flexibility index (Phi) is 4.17. The number of hydrogen-bond donors (Lipinski definition) is 1. The minimum absolute atomic E-state index is 0.462. The zero-order chi connectivity index (χ0) is 17.7. The first-order chi connectivity index (χ1) is 12.7. The average molecular weight is 389 g/mol. The Hall–Kier alpha value is -1.58. The monoisotopic (exact) mass is 388 g/mol. The number of tetrazole rings is 1. The fourth-order valence-electron chi connectivity index (χ4n) is 3.57. The van der Waals surface area contributed by atoms with Crippen molar-refractivity contribution in [3.63, 3.8) is 0 Å². The van der Waals surface area contributed by atoms with Crippen molar-refractivity contribution in [2.75, 3.05) is 13.1 Å². The van der Waals surface area contributed by atoms with Gasteiger partial charge in [-0.05, 0) is 54.4 Å². The van der Waals surface area contributed by atoms with E-state index in [9.17, 15) is 0 Å². The molecular formula is C17H22N7S2+. The van der Waals surface area contributed by atoms with Crippen molar-refractivity contribution in [2.45, 2.75) is 62.3 Å². The zero-order valence-electron chi connectivity index (χ0n) is 15.0. The van der Waals surface area contributed by atoms with Gasteiger partial charge in [-0.2, -0.15) is 0 Å². The Labute approximate surface area is 160 Å². The molecule has 1 aliphatic heterocycles. The topological polar surface area (TPSA) is 73.8 Å². The normalized spacial score (nSPS) is 18.2. The molecule has 0 bridgehead atoms. The third-order valence-electron chi connectivity index (χ3n) is 5.30. The van der Waals surface area contributed by atoms with Gasteiger partial charge in [-0.3, -0.25) is 0 Å². The maximum absolute atomic E-state index is 4.96. The van der Waals surface area contributed by atoms with Gasteiger partial charge in [0.15, 0.2) is 5.82 Å². The van der Waals surface area contributed by atoms with E-state index in [0.717, 1.165) is 40.2 Å². The molecule has 9 heteroatoms. The van der Waals surface area contributed by atoms with Gasteiger partial charge < -0.3 is 4.90 Å². The Balaban J connectivity index is 1.55. The zero-order valence-corrected chi connectivity index (χ0v) is 16.7. The highest BCUT2D eigenvalue weighted by Crippen LogP contribution is 2.40. The van der Waals surface area contributed by atoms with Gasteiger partial charge in [0.2, 0.25) is 5.16 Å². The van der Waals surface area contributed by atoms with E-state index in [1.54, 1.807) is 28.0 Å². The summed E-state index contributed by atoms with van der Waals surface area (Å²) in [5, 5.41) is 15.3. The van der Waals surface area contributed by atoms with Crippen LogP contribution in [0.25, 0.3) is 10.2 Å². The number of aromatic nitrogens is 6. The smallest absolute Gasteiger partial charge is 0.215 e. The summed E-state index contributed by atoms with van der Waals surface area (Å²) >= 11 is 3.36. The summed E-state index contributed by atoms with van der Waals surface area (Å²) in [4.78, 5) is 13.9. The predicted octanol–water partition coefficient (Wildman–Crippen LogP) is 1.96. The Morgan fingerprint density at radius 1 is 1.19 bits per heavy atom. The van der Waals surface area contributed by atoms with Crippen molar-refractivity contribution >= 4 is 33.3 Å². The summed E-state index contributed by atoms with van der Waals surface area (Å²) in [7, 11) is 0. The first-order valence-corrected chi connectivity index (χ1v) is 10.9. The van der Waals surface area contributed by atoms with Crippen molar-refractivity contribution in [3.05, 3.63) is 16.3 Å². The fourth-order valence-corrected chi connectivity index (χ4v) is 5.72. The molecule has 1 N–H and O–H groups in total. The number of aryl methyl sites for hydroxylation is 2. The SMILES string of the molecule is Cc1sc2nc(C[NH+]3CCCC3)nc(Sc3nnnn3C3CC3)c2c1C. The van der Waals surface area contributed by atoms with Gasteiger partial charge in [0.1, 0.15) is 16.4 Å². The lowest BCUT2D eigenvalue weighted by molar-refractivity contribution is -0.902. The largest absolute Gasteiger partial charge is 0.329 e. The number of quaternary nitrogens is 1. The molecule has 0 radical (unpaired) electrons. The summed E-state index contributed by atoms with van der Waals surface area (Å²) in [5.74, 6) is 0.948. The molecule has 1 saturated heterocycles. The molecule has 4 heterocycles. The Bertz CT molecular complexity index is 954.